The third kappa shape index (κ3) is 6.31. The molecule has 0 aliphatic rings. The lowest BCUT2D eigenvalue weighted by Crippen LogP contribution is -2.32. The lowest BCUT2D eigenvalue weighted by atomic mass is 10.2. The quantitative estimate of drug-likeness (QED) is 0.385. The highest BCUT2D eigenvalue weighted by Crippen LogP contribution is 2.28. The number of methoxy groups -OCH3 is 1. The van der Waals surface area contributed by atoms with Crippen LogP contribution in [-0.4, -0.2) is 43.3 Å². The van der Waals surface area contributed by atoms with E-state index < -0.39 is 4.92 Å². The zero-order valence-electron chi connectivity index (χ0n) is 12.8. The molecule has 0 saturated carbocycles. The first-order chi connectivity index (χ1) is 10.6. The zero-order chi connectivity index (χ0) is 16.4. The Hall–Kier alpha value is -1.80. The minimum Gasteiger partial charge on any atom is -0.490 e. The van der Waals surface area contributed by atoms with Crippen LogP contribution >= 0.6 is 11.8 Å². The van der Waals surface area contributed by atoms with E-state index in [1.807, 2.05) is 6.92 Å². The number of carbonyl (C=O) groups excluding carboxylic acids is 1. The highest BCUT2D eigenvalue weighted by Gasteiger charge is 2.15. The monoisotopic (exact) mass is 327 g/mol. The number of amides is 1. The maximum Gasteiger partial charge on any atom is 0.311 e. The Balaban J connectivity index is 2.40. The molecule has 0 atom stereocenters. The van der Waals surface area contributed by atoms with Crippen LogP contribution in [0.3, 0.4) is 0 Å². The van der Waals surface area contributed by atoms with Gasteiger partial charge in [-0.15, -0.1) is 11.8 Å². The van der Waals surface area contributed by atoms with Gasteiger partial charge in [-0.25, -0.2) is 0 Å². The largest absolute Gasteiger partial charge is 0.490 e. The zero-order valence-corrected chi connectivity index (χ0v) is 13.6. The van der Waals surface area contributed by atoms with Gasteiger partial charge in [0.1, 0.15) is 0 Å². The SMILES string of the molecule is CCNCCNC(=O)CSCc1ccc(OC)c([N+](=O)[O-])c1. The van der Waals surface area contributed by atoms with E-state index in [1.54, 1.807) is 12.1 Å². The summed E-state index contributed by atoms with van der Waals surface area (Å²) in [5, 5.41) is 16.9. The van der Waals surface area contributed by atoms with E-state index in [9.17, 15) is 14.9 Å². The summed E-state index contributed by atoms with van der Waals surface area (Å²) in [6.45, 7) is 4.23. The second kappa shape index (κ2) is 10.0. The van der Waals surface area contributed by atoms with Gasteiger partial charge in [0.15, 0.2) is 5.75 Å². The number of nitro groups is 1. The second-order valence-corrected chi connectivity index (χ2v) is 5.45. The van der Waals surface area contributed by atoms with Crippen LogP contribution < -0.4 is 15.4 Å². The van der Waals surface area contributed by atoms with E-state index in [4.69, 9.17) is 4.74 Å². The van der Waals surface area contributed by atoms with Crippen LogP contribution in [0, 0.1) is 10.1 Å². The summed E-state index contributed by atoms with van der Waals surface area (Å²) in [7, 11) is 1.40. The van der Waals surface area contributed by atoms with Crippen LogP contribution in [-0.2, 0) is 10.5 Å². The number of hydrogen-bond donors (Lipinski definition) is 2. The van der Waals surface area contributed by atoms with Crippen molar-refractivity contribution in [2.45, 2.75) is 12.7 Å². The van der Waals surface area contributed by atoms with Crippen molar-refractivity contribution in [2.75, 3.05) is 32.5 Å². The van der Waals surface area contributed by atoms with Crippen molar-refractivity contribution < 1.29 is 14.5 Å². The Morgan fingerprint density at radius 2 is 2.18 bits per heavy atom. The molecule has 0 spiro atoms. The van der Waals surface area contributed by atoms with Gasteiger partial charge in [0, 0.05) is 24.9 Å². The van der Waals surface area contributed by atoms with Gasteiger partial charge in [-0.05, 0) is 18.2 Å². The van der Waals surface area contributed by atoms with Gasteiger partial charge >= 0.3 is 5.69 Å². The normalized spacial score (nSPS) is 10.3. The number of nitro benzene ring substituents is 1. The third-order valence-electron chi connectivity index (χ3n) is 2.82. The molecule has 0 bridgehead atoms. The number of nitrogens with one attached hydrogen (secondary N) is 2. The summed E-state index contributed by atoms with van der Waals surface area (Å²) >= 11 is 1.42. The fourth-order valence-electron chi connectivity index (χ4n) is 1.75. The lowest BCUT2D eigenvalue weighted by molar-refractivity contribution is -0.385. The van der Waals surface area contributed by atoms with Crippen LogP contribution in [0.15, 0.2) is 18.2 Å². The minimum atomic E-state index is -0.472. The topological polar surface area (TPSA) is 93.5 Å². The smallest absolute Gasteiger partial charge is 0.311 e. The fourth-order valence-corrected chi connectivity index (χ4v) is 2.55. The van der Waals surface area contributed by atoms with E-state index >= 15 is 0 Å². The molecule has 22 heavy (non-hydrogen) atoms. The molecule has 0 aromatic heterocycles. The van der Waals surface area contributed by atoms with Gasteiger partial charge in [-0.2, -0.15) is 0 Å². The molecule has 1 amide bonds. The number of rotatable bonds is 10. The summed E-state index contributed by atoms with van der Waals surface area (Å²) in [6, 6.07) is 4.82. The van der Waals surface area contributed by atoms with Crippen LogP contribution in [0.1, 0.15) is 12.5 Å². The molecular formula is C14H21N3O4S. The summed E-state index contributed by atoms with van der Waals surface area (Å²) in [5.74, 6) is 1.06. The maximum absolute atomic E-state index is 11.6. The molecule has 1 rings (SSSR count). The van der Waals surface area contributed by atoms with Crippen LogP contribution in [0.4, 0.5) is 5.69 Å². The average molecular weight is 327 g/mol. The summed E-state index contributed by atoms with van der Waals surface area (Å²) in [6.07, 6.45) is 0. The minimum absolute atomic E-state index is 0.0362. The van der Waals surface area contributed by atoms with E-state index in [0.717, 1.165) is 18.7 Å². The van der Waals surface area contributed by atoms with Gasteiger partial charge in [0.05, 0.1) is 17.8 Å². The Labute approximate surface area is 134 Å². The van der Waals surface area contributed by atoms with Crippen molar-refractivity contribution in [3.05, 3.63) is 33.9 Å². The van der Waals surface area contributed by atoms with Crippen molar-refractivity contribution in [1.82, 2.24) is 10.6 Å². The third-order valence-corrected chi connectivity index (χ3v) is 3.82. The molecule has 0 aliphatic heterocycles. The Morgan fingerprint density at radius 3 is 2.82 bits per heavy atom. The standard InChI is InChI=1S/C14H21N3O4S/c1-3-15-6-7-16-14(18)10-22-9-11-4-5-13(21-2)12(8-11)17(19)20/h4-5,8,15H,3,6-7,9-10H2,1-2H3,(H,16,18). The molecule has 0 unspecified atom stereocenters. The fraction of sp³-hybridized carbons (Fsp3) is 0.500. The number of likely N-dealkylation sites (N-methyl/N-ethyl adjacent to an activating group) is 1. The molecule has 122 valence electrons. The van der Waals surface area contributed by atoms with Crippen LogP contribution in [0.2, 0.25) is 0 Å². The lowest BCUT2D eigenvalue weighted by Gasteiger charge is -2.06. The van der Waals surface area contributed by atoms with Gasteiger partial charge < -0.3 is 15.4 Å². The molecular weight excluding hydrogens is 306 g/mol. The number of ether oxygens (including phenoxy) is 1. The average Bonchev–Trinajstić information content (AvgIpc) is 2.51. The van der Waals surface area contributed by atoms with Gasteiger partial charge in [0.25, 0.3) is 0 Å². The molecule has 0 fully saturated rings. The Morgan fingerprint density at radius 1 is 1.41 bits per heavy atom. The first-order valence-electron chi connectivity index (χ1n) is 6.95. The molecule has 1 aromatic carbocycles. The van der Waals surface area contributed by atoms with E-state index in [2.05, 4.69) is 10.6 Å². The Kier molecular flexibility index (Phi) is 8.31. The highest BCUT2D eigenvalue weighted by atomic mass is 32.2. The first-order valence-corrected chi connectivity index (χ1v) is 8.10. The number of benzene rings is 1. The number of hydrogen-bond acceptors (Lipinski definition) is 6. The molecule has 0 heterocycles. The van der Waals surface area contributed by atoms with Crippen molar-refractivity contribution >= 4 is 23.4 Å². The summed E-state index contributed by atoms with van der Waals surface area (Å²) in [5.41, 5.74) is 0.730. The first kappa shape index (κ1) is 18.2. The molecule has 0 aliphatic carbocycles. The summed E-state index contributed by atoms with van der Waals surface area (Å²) in [4.78, 5) is 22.0. The van der Waals surface area contributed by atoms with E-state index in [1.165, 1.54) is 24.9 Å². The molecule has 1 aromatic rings. The van der Waals surface area contributed by atoms with Crippen LogP contribution in [0.5, 0.6) is 5.75 Å². The maximum atomic E-state index is 11.6. The predicted molar refractivity (Wildman–Crippen MR) is 87.4 cm³/mol. The number of carbonyl (C=O) groups is 1. The molecule has 0 radical (unpaired) electrons. The molecule has 2 N–H and O–H groups in total. The van der Waals surface area contributed by atoms with Crippen molar-refractivity contribution in [1.29, 1.82) is 0 Å². The molecule has 7 nitrogen and oxygen atoms in total. The highest BCUT2D eigenvalue weighted by molar-refractivity contribution is 7.99. The Bertz CT molecular complexity index is 511. The number of thioether (sulfide) groups is 1. The van der Waals surface area contributed by atoms with Gasteiger partial charge in [-0.3, -0.25) is 14.9 Å². The summed E-state index contributed by atoms with van der Waals surface area (Å²) < 4.78 is 4.95. The van der Waals surface area contributed by atoms with E-state index in [-0.39, 0.29) is 17.3 Å². The van der Waals surface area contributed by atoms with Crippen molar-refractivity contribution in [3.8, 4) is 5.75 Å². The van der Waals surface area contributed by atoms with Gasteiger partial charge in [-0.1, -0.05) is 13.0 Å². The van der Waals surface area contributed by atoms with E-state index in [0.29, 0.717) is 18.1 Å². The second-order valence-electron chi connectivity index (χ2n) is 4.46. The van der Waals surface area contributed by atoms with Gasteiger partial charge in [0.2, 0.25) is 5.91 Å². The predicted octanol–water partition coefficient (Wildman–Crippen LogP) is 1.56. The molecule has 8 heteroatoms. The van der Waals surface area contributed by atoms with Crippen molar-refractivity contribution in [2.24, 2.45) is 0 Å². The van der Waals surface area contributed by atoms with Crippen LogP contribution in [0.25, 0.3) is 0 Å². The molecule has 0 saturated heterocycles. The number of nitrogens with zero attached hydrogens (tertiary/aromatic N) is 1. The van der Waals surface area contributed by atoms with Crippen molar-refractivity contribution in [3.63, 3.8) is 0 Å².